The van der Waals surface area contributed by atoms with E-state index < -0.39 is 0 Å². The first-order chi connectivity index (χ1) is 10.8. The van der Waals surface area contributed by atoms with Crippen LogP contribution in [0.25, 0.3) is 0 Å². The van der Waals surface area contributed by atoms with Gasteiger partial charge in [0.2, 0.25) is 0 Å². The third-order valence-corrected chi connectivity index (χ3v) is 3.86. The van der Waals surface area contributed by atoms with E-state index in [-0.39, 0.29) is 5.91 Å². The maximum Gasteiger partial charge on any atom is 0.271 e. The van der Waals surface area contributed by atoms with Gasteiger partial charge in [0.05, 0.1) is 11.9 Å². The van der Waals surface area contributed by atoms with Gasteiger partial charge in [-0.2, -0.15) is 0 Å². The van der Waals surface area contributed by atoms with E-state index in [2.05, 4.69) is 25.6 Å². The monoisotopic (exact) mass is 297 g/mol. The third kappa shape index (κ3) is 3.65. The Kier molecular flexibility index (Phi) is 4.70. The van der Waals surface area contributed by atoms with Crippen molar-refractivity contribution in [3.8, 4) is 0 Å². The van der Waals surface area contributed by atoms with Crippen LogP contribution in [0.4, 0.5) is 0 Å². The first-order valence-corrected chi connectivity index (χ1v) is 7.52. The minimum atomic E-state index is -0.207. The molecule has 1 amide bonds. The molecule has 2 aromatic heterocycles. The Morgan fingerprint density at radius 3 is 2.64 bits per heavy atom. The summed E-state index contributed by atoms with van der Waals surface area (Å²) < 4.78 is 0. The van der Waals surface area contributed by atoms with Gasteiger partial charge in [0.25, 0.3) is 5.91 Å². The SMILES string of the molecule is O=C(NCc1ccncc1)c1cnc(C2CCNCC2)cn1. The lowest BCUT2D eigenvalue weighted by atomic mass is 9.95. The number of amides is 1. The molecular formula is C16H19N5O. The van der Waals surface area contributed by atoms with Crippen molar-refractivity contribution in [2.45, 2.75) is 25.3 Å². The van der Waals surface area contributed by atoms with E-state index in [9.17, 15) is 4.79 Å². The van der Waals surface area contributed by atoms with Crippen molar-refractivity contribution in [1.82, 2.24) is 25.6 Å². The van der Waals surface area contributed by atoms with Gasteiger partial charge in [-0.1, -0.05) is 0 Å². The maximum absolute atomic E-state index is 12.1. The van der Waals surface area contributed by atoms with Crippen LogP contribution >= 0.6 is 0 Å². The molecule has 6 nitrogen and oxygen atoms in total. The van der Waals surface area contributed by atoms with E-state index in [1.165, 1.54) is 0 Å². The highest BCUT2D eigenvalue weighted by atomic mass is 16.1. The van der Waals surface area contributed by atoms with Crippen LogP contribution < -0.4 is 10.6 Å². The van der Waals surface area contributed by atoms with Crippen LogP contribution in [0, 0.1) is 0 Å². The number of pyridine rings is 1. The smallest absolute Gasteiger partial charge is 0.271 e. The first-order valence-electron chi connectivity index (χ1n) is 7.52. The van der Waals surface area contributed by atoms with Crippen LogP contribution in [0.2, 0.25) is 0 Å². The van der Waals surface area contributed by atoms with Crippen LogP contribution in [-0.4, -0.2) is 33.9 Å². The summed E-state index contributed by atoms with van der Waals surface area (Å²) in [7, 11) is 0. The van der Waals surface area contributed by atoms with Crippen LogP contribution in [0.15, 0.2) is 36.9 Å². The first kappa shape index (κ1) is 14.6. The highest BCUT2D eigenvalue weighted by Gasteiger charge is 2.17. The van der Waals surface area contributed by atoms with Crippen molar-refractivity contribution in [3.05, 3.63) is 53.9 Å². The van der Waals surface area contributed by atoms with Gasteiger partial charge >= 0.3 is 0 Å². The molecular weight excluding hydrogens is 278 g/mol. The van der Waals surface area contributed by atoms with E-state index in [4.69, 9.17) is 0 Å². The predicted molar refractivity (Wildman–Crippen MR) is 82.3 cm³/mol. The van der Waals surface area contributed by atoms with Gasteiger partial charge in [-0.3, -0.25) is 14.8 Å². The largest absolute Gasteiger partial charge is 0.347 e. The minimum Gasteiger partial charge on any atom is -0.347 e. The topological polar surface area (TPSA) is 79.8 Å². The van der Waals surface area contributed by atoms with Crippen LogP contribution in [-0.2, 0) is 6.54 Å². The average Bonchev–Trinajstić information content (AvgIpc) is 2.61. The molecule has 114 valence electrons. The molecule has 3 rings (SSSR count). The summed E-state index contributed by atoms with van der Waals surface area (Å²) in [5.41, 5.74) is 2.33. The van der Waals surface area contributed by atoms with E-state index >= 15 is 0 Å². The third-order valence-electron chi connectivity index (χ3n) is 3.86. The summed E-state index contributed by atoms with van der Waals surface area (Å²) in [6.45, 7) is 2.49. The molecule has 1 fully saturated rings. The molecule has 2 aromatic rings. The molecule has 0 bridgehead atoms. The second-order valence-electron chi connectivity index (χ2n) is 5.39. The van der Waals surface area contributed by atoms with E-state index in [1.807, 2.05) is 12.1 Å². The number of hydrogen-bond acceptors (Lipinski definition) is 5. The summed E-state index contributed by atoms with van der Waals surface area (Å²) in [5, 5.41) is 6.16. The Morgan fingerprint density at radius 1 is 1.18 bits per heavy atom. The maximum atomic E-state index is 12.1. The molecule has 1 saturated heterocycles. The number of piperidine rings is 1. The Balaban J connectivity index is 1.58. The summed E-state index contributed by atoms with van der Waals surface area (Å²) in [5.74, 6) is 0.240. The number of carbonyl (C=O) groups excluding carboxylic acids is 1. The molecule has 2 N–H and O–H groups in total. The molecule has 0 saturated carbocycles. The number of nitrogens with zero attached hydrogens (tertiary/aromatic N) is 3. The van der Waals surface area contributed by atoms with E-state index in [0.29, 0.717) is 18.2 Å². The summed E-state index contributed by atoms with van der Waals surface area (Å²) in [4.78, 5) is 24.7. The lowest BCUT2D eigenvalue weighted by Gasteiger charge is -2.21. The van der Waals surface area contributed by atoms with Gasteiger partial charge in [0, 0.05) is 31.1 Å². The highest BCUT2D eigenvalue weighted by molar-refractivity contribution is 5.91. The molecule has 22 heavy (non-hydrogen) atoms. The molecule has 0 atom stereocenters. The second-order valence-corrected chi connectivity index (χ2v) is 5.39. The van der Waals surface area contributed by atoms with Gasteiger partial charge in [-0.05, 0) is 43.6 Å². The predicted octanol–water partition coefficient (Wildman–Crippen LogP) is 1.27. The van der Waals surface area contributed by atoms with Crippen molar-refractivity contribution in [1.29, 1.82) is 0 Å². The molecule has 1 aliphatic heterocycles. The molecule has 0 spiro atoms. The number of hydrogen-bond donors (Lipinski definition) is 2. The van der Waals surface area contributed by atoms with E-state index in [0.717, 1.165) is 37.2 Å². The fraction of sp³-hybridized carbons (Fsp3) is 0.375. The van der Waals surface area contributed by atoms with Crippen molar-refractivity contribution in [2.75, 3.05) is 13.1 Å². The zero-order valence-corrected chi connectivity index (χ0v) is 12.3. The fourth-order valence-electron chi connectivity index (χ4n) is 2.56. The Morgan fingerprint density at radius 2 is 1.95 bits per heavy atom. The van der Waals surface area contributed by atoms with Crippen molar-refractivity contribution >= 4 is 5.91 Å². The average molecular weight is 297 g/mol. The summed E-state index contributed by atoms with van der Waals surface area (Å²) >= 11 is 0. The summed E-state index contributed by atoms with van der Waals surface area (Å²) in [6.07, 6.45) is 8.85. The number of rotatable bonds is 4. The van der Waals surface area contributed by atoms with Crippen LogP contribution in [0.1, 0.15) is 40.5 Å². The van der Waals surface area contributed by atoms with Crippen LogP contribution in [0.3, 0.4) is 0 Å². The van der Waals surface area contributed by atoms with Gasteiger partial charge in [0.1, 0.15) is 5.69 Å². The van der Waals surface area contributed by atoms with Crippen LogP contribution in [0.5, 0.6) is 0 Å². The Bertz CT molecular complexity index is 608. The number of aromatic nitrogens is 3. The van der Waals surface area contributed by atoms with Crippen molar-refractivity contribution < 1.29 is 4.79 Å². The zero-order valence-electron chi connectivity index (χ0n) is 12.3. The Hall–Kier alpha value is -2.34. The lowest BCUT2D eigenvalue weighted by Crippen LogP contribution is -2.27. The highest BCUT2D eigenvalue weighted by Crippen LogP contribution is 2.22. The number of carbonyl (C=O) groups is 1. The lowest BCUT2D eigenvalue weighted by molar-refractivity contribution is 0.0945. The zero-order chi connectivity index (χ0) is 15.2. The molecule has 3 heterocycles. The summed E-state index contributed by atoms with van der Waals surface area (Å²) in [6, 6.07) is 3.73. The second kappa shape index (κ2) is 7.09. The van der Waals surface area contributed by atoms with Gasteiger partial charge in [-0.15, -0.1) is 0 Å². The molecule has 0 unspecified atom stereocenters. The molecule has 0 radical (unpaired) electrons. The van der Waals surface area contributed by atoms with Gasteiger partial charge < -0.3 is 10.6 Å². The van der Waals surface area contributed by atoms with Crippen molar-refractivity contribution in [2.24, 2.45) is 0 Å². The quantitative estimate of drug-likeness (QED) is 0.888. The van der Waals surface area contributed by atoms with Gasteiger partial charge in [0.15, 0.2) is 0 Å². The van der Waals surface area contributed by atoms with Crippen molar-refractivity contribution in [3.63, 3.8) is 0 Å². The van der Waals surface area contributed by atoms with Gasteiger partial charge in [-0.25, -0.2) is 4.98 Å². The molecule has 0 aromatic carbocycles. The number of nitrogens with one attached hydrogen (secondary N) is 2. The Labute approximate surface area is 129 Å². The normalized spacial score (nSPS) is 15.5. The fourth-order valence-corrected chi connectivity index (χ4v) is 2.56. The standard InChI is InChI=1S/C16H19N5O/c22-16(21-9-12-1-5-17-6-2-12)15-11-19-14(10-20-15)13-3-7-18-8-4-13/h1-2,5-6,10-11,13,18H,3-4,7-9H2,(H,21,22). The molecule has 6 heteroatoms. The molecule has 0 aliphatic carbocycles. The molecule has 1 aliphatic rings. The van der Waals surface area contributed by atoms with E-state index in [1.54, 1.807) is 24.8 Å². The minimum absolute atomic E-state index is 0.207.